The quantitative estimate of drug-likeness (QED) is 0.505. The monoisotopic (exact) mass is 381 g/mol. The normalized spacial score (nSPS) is 15.5. The third kappa shape index (κ3) is 6.10. The van der Waals surface area contributed by atoms with Crippen molar-refractivity contribution in [1.82, 2.24) is 4.90 Å². The fourth-order valence-corrected chi connectivity index (χ4v) is 3.89. The number of rotatable bonds is 9. The number of ether oxygens (including phenoxy) is 1. The van der Waals surface area contributed by atoms with Crippen LogP contribution in [0.3, 0.4) is 0 Å². The first-order valence-electron chi connectivity index (χ1n) is 10.3. The van der Waals surface area contributed by atoms with E-state index in [9.17, 15) is 9.90 Å². The summed E-state index contributed by atoms with van der Waals surface area (Å²) in [5.41, 5.74) is 1.79. The molecule has 0 saturated carbocycles. The van der Waals surface area contributed by atoms with Gasteiger partial charge in [-0.2, -0.15) is 0 Å². The van der Waals surface area contributed by atoms with E-state index >= 15 is 0 Å². The first-order valence-corrected chi connectivity index (χ1v) is 10.3. The molecular weight excluding hydrogens is 350 g/mol. The van der Waals surface area contributed by atoms with Crippen LogP contribution in [0.4, 0.5) is 0 Å². The average Bonchev–Trinajstić information content (AvgIpc) is 2.69. The number of hydrogen-bond donors (Lipinski definition) is 1. The molecule has 1 heterocycles. The largest absolute Gasteiger partial charge is 0.507 e. The highest BCUT2D eigenvalue weighted by Crippen LogP contribution is 2.24. The van der Waals surface area contributed by atoms with E-state index in [0.717, 1.165) is 25.3 Å². The van der Waals surface area contributed by atoms with Crippen LogP contribution >= 0.6 is 0 Å². The molecule has 0 bridgehead atoms. The van der Waals surface area contributed by atoms with Gasteiger partial charge in [-0.25, -0.2) is 0 Å². The van der Waals surface area contributed by atoms with Crippen LogP contribution in [0, 0.1) is 5.92 Å². The number of carbonyl (C=O) groups is 1. The molecule has 2 aromatic carbocycles. The summed E-state index contributed by atoms with van der Waals surface area (Å²) in [6.07, 6.45) is 5.87. The number of hydrogen-bond acceptors (Lipinski definition) is 4. The maximum Gasteiger partial charge on any atom is 0.163 e. The number of carbonyl (C=O) groups excluding carboxylic acids is 1. The Morgan fingerprint density at radius 3 is 2.54 bits per heavy atom. The lowest BCUT2D eigenvalue weighted by Crippen LogP contribution is -2.35. The lowest BCUT2D eigenvalue weighted by molar-refractivity contribution is 0.101. The van der Waals surface area contributed by atoms with E-state index in [0.29, 0.717) is 17.9 Å². The van der Waals surface area contributed by atoms with Crippen molar-refractivity contribution in [1.29, 1.82) is 0 Å². The van der Waals surface area contributed by atoms with Gasteiger partial charge in [-0.3, -0.25) is 4.79 Å². The van der Waals surface area contributed by atoms with E-state index in [2.05, 4.69) is 35.2 Å². The molecule has 0 spiro atoms. The molecule has 0 aromatic heterocycles. The lowest BCUT2D eigenvalue weighted by atomic mass is 9.90. The van der Waals surface area contributed by atoms with E-state index in [1.165, 1.54) is 50.9 Å². The highest BCUT2D eigenvalue weighted by molar-refractivity contribution is 5.96. The van der Waals surface area contributed by atoms with E-state index in [1.807, 2.05) is 0 Å². The van der Waals surface area contributed by atoms with E-state index < -0.39 is 0 Å². The molecule has 3 rings (SSSR count). The average molecular weight is 382 g/mol. The highest BCUT2D eigenvalue weighted by atomic mass is 16.5. The highest BCUT2D eigenvalue weighted by Gasteiger charge is 2.19. The van der Waals surface area contributed by atoms with Crippen LogP contribution in [0.5, 0.6) is 11.5 Å². The lowest BCUT2D eigenvalue weighted by Gasteiger charge is -2.32. The zero-order valence-electron chi connectivity index (χ0n) is 16.8. The number of aromatic hydroxyl groups is 1. The summed E-state index contributed by atoms with van der Waals surface area (Å²) >= 11 is 0. The summed E-state index contributed by atoms with van der Waals surface area (Å²) in [6.45, 7) is 5.58. The fourth-order valence-electron chi connectivity index (χ4n) is 3.89. The van der Waals surface area contributed by atoms with Gasteiger partial charge >= 0.3 is 0 Å². The summed E-state index contributed by atoms with van der Waals surface area (Å²) in [6, 6.07) is 15.7. The van der Waals surface area contributed by atoms with Gasteiger partial charge in [0, 0.05) is 6.07 Å². The Labute approximate surface area is 168 Å². The Balaban J connectivity index is 1.29. The number of piperidine rings is 1. The summed E-state index contributed by atoms with van der Waals surface area (Å²) in [4.78, 5) is 13.9. The summed E-state index contributed by atoms with van der Waals surface area (Å²) in [5, 5.41) is 9.84. The molecule has 0 aliphatic carbocycles. The molecule has 28 heavy (non-hydrogen) atoms. The van der Waals surface area contributed by atoms with Gasteiger partial charge in [-0.05, 0) is 82.3 Å². The number of phenols is 1. The van der Waals surface area contributed by atoms with Crippen molar-refractivity contribution >= 4 is 5.78 Å². The van der Waals surface area contributed by atoms with Gasteiger partial charge in [0.2, 0.25) is 0 Å². The van der Waals surface area contributed by atoms with Crippen molar-refractivity contribution in [2.24, 2.45) is 5.92 Å². The number of unbranched alkanes of at least 4 members (excludes halogenated alkanes) is 1. The van der Waals surface area contributed by atoms with Gasteiger partial charge < -0.3 is 14.7 Å². The van der Waals surface area contributed by atoms with Crippen molar-refractivity contribution in [2.45, 2.75) is 39.0 Å². The van der Waals surface area contributed by atoms with Crippen LogP contribution in [0.15, 0.2) is 48.5 Å². The van der Waals surface area contributed by atoms with Gasteiger partial charge in [0.15, 0.2) is 5.78 Å². The van der Waals surface area contributed by atoms with Gasteiger partial charge in [0.05, 0.1) is 12.2 Å². The van der Waals surface area contributed by atoms with E-state index in [-0.39, 0.29) is 11.5 Å². The first-order chi connectivity index (χ1) is 13.6. The number of ketones is 1. The molecule has 1 aliphatic rings. The van der Waals surface area contributed by atoms with Crippen LogP contribution in [-0.2, 0) is 6.42 Å². The van der Waals surface area contributed by atoms with Crippen molar-refractivity contribution in [3.8, 4) is 11.5 Å². The zero-order valence-corrected chi connectivity index (χ0v) is 16.8. The second-order valence-corrected chi connectivity index (χ2v) is 7.77. The van der Waals surface area contributed by atoms with Crippen molar-refractivity contribution in [3.63, 3.8) is 0 Å². The zero-order chi connectivity index (χ0) is 19.8. The van der Waals surface area contributed by atoms with Crippen LogP contribution in [0.25, 0.3) is 0 Å². The maximum absolute atomic E-state index is 11.3. The predicted molar refractivity (Wildman–Crippen MR) is 112 cm³/mol. The maximum atomic E-state index is 11.3. The molecule has 1 saturated heterocycles. The first kappa shape index (κ1) is 20.4. The van der Waals surface area contributed by atoms with E-state index in [1.54, 1.807) is 12.1 Å². The molecule has 1 N–H and O–H groups in total. The molecule has 0 atom stereocenters. The standard InChI is InChI=1S/C24H31NO3/c1-19(26)23-10-9-22(18-24(23)27)28-16-6-5-13-25-14-11-21(12-15-25)17-20-7-3-2-4-8-20/h2-4,7-10,18,21,27H,5-6,11-17H2,1H3. The Bertz CT molecular complexity index is 752. The summed E-state index contributed by atoms with van der Waals surface area (Å²) < 4.78 is 5.70. The minimum atomic E-state index is -0.142. The minimum absolute atomic E-state index is 0.0108. The van der Waals surface area contributed by atoms with Gasteiger partial charge in [0.25, 0.3) is 0 Å². The SMILES string of the molecule is CC(=O)c1ccc(OCCCCN2CCC(Cc3ccccc3)CC2)cc1O. The van der Waals surface area contributed by atoms with Crippen molar-refractivity contribution in [2.75, 3.05) is 26.2 Å². The number of benzene rings is 2. The minimum Gasteiger partial charge on any atom is -0.507 e. The third-order valence-corrected chi connectivity index (χ3v) is 5.56. The molecule has 4 heteroatoms. The van der Waals surface area contributed by atoms with Crippen molar-refractivity contribution < 1.29 is 14.6 Å². The number of likely N-dealkylation sites (tertiary alicyclic amines) is 1. The smallest absolute Gasteiger partial charge is 0.163 e. The Morgan fingerprint density at radius 2 is 1.86 bits per heavy atom. The van der Waals surface area contributed by atoms with E-state index in [4.69, 9.17) is 4.74 Å². The molecular formula is C24H31NO3. The molecule has 0 unspecified atom stereocenters. The summed E-state index contributed by atoms with van der Waals surface area (Å²) in [7, 11) is 0. The predicted octanol–water partition coefficient (Wildman–Crippen LogP) is 4.71. The van der Waals surface area contributed by atoms with Crippen LogP contribution in [0.1, 0.15) is 48.5 Å². The molecule has 0 radical (unpaired) electrons. The van der Waals surface area contributed by atoms with Gasteiger partial charge in [-0.15, -0.1) is 0 Å². The Hall–Kier alpha value is -2.33. The number of phenolic OH excluding ortho intramolecular Hbond substituents is 1. The van der Waals surface area contributed by atoms with Crippen LogP contribution in [0.2, 0.25) is 0 Å². The molecule has 2 aromatic rings. The van der Waals surface area contributed by atoms with Gasteiger partial charge in [-0.1, -0.05) is 30.3 Å². The van der Waals surface area contributed by atoms with Crippen molar-refractivity contribution in [3.05, 3.63) is 59.7 Å². The van der Waals surface area contributed by atoms with Gasteiger partial charge in [0.1, 0.15) is 11.5 Å². The molecule has 0 amide bonds. The Kier molecular flexibility index (Phi) is 7.49. The molecule has 4 nitrogen and oxygen atoms in total. The Morgan fingerprint density at radius 1 is 1.11 bits per heavy atom. The topological polar surface area (TPSA) is 49.8 Å². The second-order valence-electron chi connectivity index (χ2n) is 7.77. The third-order valence-electron chi connectivity index (χ3n) is 5.56. The number of nitrogens with zero attached hydrogens (tertiary/aromatic N) is 1. The molecule has 150 valence electrons. The van der Waals surface area contributed by atoms with Crippen LogP contribution < -0.4 is 4.74 Å². The van der Waals surface area contributed by atoms with Crippen LogP contribution in [-0.4, -0.2) is 42.0 Å². The summed E-state index contributed by atoms with van der Waals surface area (Å²) in [5.74, 6) is 1.27. The fraction of sp³-hybridized carbons (Fsp3) is 0.458. The molecule has 1 fully saturated rings. The number of Topliss-reactive ketones (excluding diaryl/α,β-unsaturated/α-hetero) is 1. The molecule has 1 aliphatic heterocycles. The second kappa shape index (κ2) is 10.3.